The van der Waals surface area contributed by atoms with E-state index in [-0.39, 0.29) is 12.0 Å². The van der Waals surface area contributed by atoms with Crippen molar-refractivity contribution in [2.24, 2.45) is 0 Å². The van der Waals surface area contributed by atoms with Gasteiger partial charge in [0, 0.05) is 31.4 Å². The molecule has 0 spiro atoms. The molecule has 0 bridgehead atoms. The molecule has 2 atom stereocenters. The molecule has 2 aliphatic rings. The molecule has 6 nitrogen and oxygen atoms in total. The number of hydrogen-bond donors (Lipinski definition) is 2. The highest BCUT2D eigenvalue weighted by Crippen LogP contribution is 2.25. The number of ether oxygens (including phenoxy) is 1. The van der Waals surface area contributed by atoms with Crippen molar-refractivity contribution >= 4 is 11.8 Å². The molecular weight excluding hydrogens is 318 g/mol. The van der Waals surface area contributed by atoms with E-state index < -0.39 is 6.10 Å². The lowest BCUT2D eigenvalue weighted by atomic mass is 9.92. The molecule has 1 saturated heterocycles. The summed E-state index contributed by atoms with van der Waals surface area (Å²) in [7, 11) is 1.38. The maximum Gasteiger partial charge on any atom is 0.341 e. The van der Waals surface area contributed by atoms with Gasteiger partial charge in [-0.2, -0.15) is 0 Å². The van der Waals surface area contributed by atoms with Gasteiger partial charge in [-0.05, 0) is 37.8 Å². The molecule has 1 aliphatic carbocycles. The highest BCUT2D eigenvalue weighted by molar-refractivity contribution is 5.95. The second-order valence-corrected chi connectivity index (χ2v) is 7.29. The minimum absolute atomic E-state index is 0.117. The van der Waals surface area contributed by atoms with Crippen LogP contribution in [0.4, 0.5) is 5.82 Å². The van der Waals surface area contributed by atoms with Gasteiger partial charge in [-0.3, -0.25) is 0 Å². The van der Waals surface area contributed by atoms with Crippen LogP contribution >= 0.6 is 0 Å². The third-order valence-corrected chi connectivity index (χ3v) is 5.35. The third-order valence-electron chi connectivity index (χ3n) is 5.35. The van der Waals surface area contributed by atoms with Gasteiger partial charge >= 0.3 is 5.97 Å². The second kappa shape index (κ2) is 8.15. The van der Waals surface area contributed by atoms with Crippen molar-refractivity contribution in [3.05, 3.63) is 23.4 Å². The lowest BCUT2D eigenvalue weighted by Gasteiger charge is -2.39. The molecule has 1 aromatic heterocycles. The van der Waals surface area contributed by atoms with Gasteiger partial charge in [-0.25, -0.2) is 9.78 Å². The number of aliphatic hydroxyl groups excluding tert-OH is 1. The molecule has 0 amide bonds. The molecule has 2 unspecified atom stereocenters. The monoisotopic (exact) mass is 347 g/mol. The van der Waals surface area contributed by atoms with Crippen LogP contribution in [0.1, 0.15) is 54.4 Å². The minimum Gasteiger partial charge on any atom is -0.465 e. The van der Waals surface area contributed by atoms with Crippen LogP contribution in [-0.4, -0.2) is 54.4 Å². The number of nitrogens with zero attached hydrogens (tertiary/aromatic N) is 2. The SMILES string of the molecule is COC(=O)c1cc(C)cnc1N1CCC(NC2CCCCC2)C(O)C1. The molecule has 6 heteroatoms. The van der Waals surface area contributed by atoms with Crippen LogP contribution in [0.5, 0.6) is 0 Å². The number of aryl methyl sites for hydroxylation is 1. The topological polar surface area (TPSA) is 74.7 Å². The maximum absolute atomic E-state index is 12.1. The highest BCUT2D eigenvalue weighted by Gasteiger charge is 2.32. The predicted octanol–water partition coefficient (Wildman–Crippen LogP) is 2.04. The van der Waals surface area contributed by atoms with E-state index in [9.17, 15) is 9.90 Å². The molecule has 1 aliphatic heterocycles. The fourth-order valence-electron chi connectivity index (χ4n) is 3.96. The quantitative estimate of drug-likeness (QED) is 0.812. The van der Waals surface area contributed by atoms with Crippen molar-refractivity contribution < 1.29 is 14.6 Å². The summed E-state index contributed by atoms with van der Waals surface area (Å²) in [5, 5.41) is 14.3. The number of pyridine rings is 1. The lowest BCUT2D eigenvalue weighted by Crippen LogP contribution is -2.55. The van der Waals surface area contributed by atoms with Crippen LogP contribution in [0.15, 0.2) is 12.3 Å². The average molecular weight is 347 g/mol. The fraction of sp³-hybridized carbons (Fsp3) is 0.684. The Hall–Kier alpha value is -1.66. The summed E-state index contributed by atoms with van der Waals surface area (Å²) in [6.45, 7) is 3.14. The van der Waals surface area contributed by atoms with Crippen LogP contribution in [0.25, 0.3) is 0 Å². The van der Waals surface area contributed by atoms with E-state index in [0.29, 0.717) is 24.0 Å². The average Bonchev–Trinajstić information content (AvgIpc) is 2.63. The van der Waals surface area contributed by atoms with Gasteiger partial charge in [0.25, 0.3) is 0 Å². The van der Waals surface area contributed by atoms with Crippen molar-refractivity contribution in [3.8, 4) is 0 Å². The van der Waals surface area contributed by atoms with Crippen molar-refractivity contribution in [1.82, 2.24) is 10.3 Å². The van der Waals surface area contributed by atoms with E-state index in [2.05, 4.69) is 10.3 Å². The summed E-state index contributed by atoms with van der Waals surface area (Å²) in [5.74, 6) is 0.218. The van der Waals surface area contributed by atoms with Crippen molar-refractivity contribution in [3.63, 3.8) is 0 Å². The molecule has 25 heavy (non-hydrogen) atoms. The first-order valence-electron chi connectivity index (χ1n) is 9.32. The molecule has 2 fully saturated rings. The zero-order valence-corrected chi connectivity index (χ0v) is 15.2. The molecule has 0 aromatic carbocycles. The van der Waals surface area contributed by atoms with Crippen LogP contribution in [0.2, 0.25) is 0 Å². The number of nitrogens with one attached hydrogen (secondary N) is 1. The number of anilines is 1. The third kappa shape index (κ3) is 4.30. The molecule has 1 saturated carbocycles. The van der Waals surface area contributed by atoms with Crippen molar-refractivity contribution in [1.29, 1.82) is 0 Å². The van der Waals surface area contributed by atoms with Crippen LogP contribution < -0.4 is 10.2 Å². The molecule has 2 heterocycles. The smallest absolute Gasteiger partial charge is 0.341 e. The number of piperidine rings is 1. The van der Waals surface area contributed by atoms with E-state index in [1.807, 2.05) is 11.8 Å². The number of rotatable bonds is 4. The molecule has 3 rings (SSSR count). The number of β-amino-alcohol motifs (C(OH)–C–C–N with tert-alkyl or cyclic N) is 1. The number of carbonyl (C=O) groups excluding carboxylic acids is 1. The van der Waals surface area contributed by atoms with E-state index in [0.717, 1.165) is 18.5 Å². The Balaban J connectivity index is 1.67. The van der Waals surface area contributed by atoms with E-state index in [4.69, 9.17) is 4.74 Å². The molecule has 138 valence electrons. The first-order chi connectivity index (χ1) is 12.1. The predicted molar refractivity (Wildman–Crippen MR) is 96.9 cm³/mol. The first kappa shape index (κ1) is 18.1. The van der Waals surface area contributed by atoms with Crippen LogP contribution in [-0.2, 0) is 4.74 Å². The highest BCUT2D eigenvalue weighted by atomic mass is 16.5. The summed E-state index contributed by atoms with van der Waals surface area (Å²) < 4.78 is 4.89. The van der Waals surface area contributed by atoms with Crippen LogP contribution in [0.3, 0.4) is 0 Å². The summed E-state index contributed by atoms with van der Waals surface area (Å²) >= 11 is 0. The summed E-state index contributed by atoms with van der Waals surface area (Å²) in [6.07, 6.45) is 8.43. The van der Waals surface area contributed by atoms with Gasteiger partial charge in [0.2, 0.25) is 0 Å². The molecule has 0 radical (unpaired) electrons. The summed E-state index contributed by atoms with van der Waals surface area (Å²) in [4.78, 5) is 18.5. The Morgan fingerprint density at radius 1 is 1.32 bits per heavy atom. The maximum atomic E-state index is 12.1. The van der Waals surface area contributed by atoms with Crippen molar-refractivity contribution in [2.75, 3.05) is 25.1 Å². The number of esters is 1. The normalized spacial score (nSPS) is 25.0. The van der Waals surface area contributed by atoms with Gasteiger partial charge < -0.3 is 20.1 Å². The Morgan fingerprint density at radius 2 is 2.08 bits per heavy atom. The second-order valence-electron chi connectivity index (χ2n) is 7.29. The van der Waals surface area contributed by atoms with E-state index in [1.165, 1.54) is 39.2 Å². The van der Waals surface area contributed by atoms with Crippen LogP contribution in [0, 0.1) is 6.92 Å². The Morgan fingerprint density at radius 3 is 2.76 bits per heavy atom. The lowest BCUT2D eigenvalue weighted by molar-refractivity contribution is 0.0599. The number of aromatic nitrogens is 1. The molecule has 2 N–H and O–H groups in total. The Kier molecular flexibility index (Phi) is 5.91. The zero-order valence-electron chi connectivity index (χ0n) is 15.2. The zero-order chi connectivity index (χ0) is 17.8. The van der Waals surface area contributed by atoms with Gasteiger partial charge in [0.15, 0.2) is 0 Å². The largest absolute Gasteiger partial charge is 0.465 e. The number of methoxy groups -OCH3 is 1. The fourth-order valence-corrected chi connectivity index (χ4v) is 3.96. The molecular formula is C19H29N3O3. The molecule has 1 aromatic rings. The van der Waals surface area contributed by atoms with E-state index in [1.54, 1.807) is 12.3 Å². The Bertz CT molecular complexity index is 602. The number of carbonyl (C=O) groups is 1. The Labute approximate surface area is 149 Å². The van der Waals surface area contributed by atoms with E-state index >= 15 is 0 Å². The van der Waals surface area contributed by atoms with Gasteiger partial charge in [-0.1, -0.05) is 19.3 Å². The standard InChI is InChI=1S/C19H29N3O3/c1-13-10-15(19(24)25-2)18(20-11-13)22-9-8-16(17(23)12-22)21-14-6-4-3-5-7-14/h10-11,14,16-17,21,23H,3-9,12H2,1-2H3. The van der Waals surface area contributed by atoms with Crippen molar-refractivity contribution in [2.45, 2.75) is 63.6 Å². The van der Waals surface area contributed by atoms with Gasteiger partial charge in [0.05, 0.1) is 13.2 Å². The summed E-state index contributed by atoms with van der Waals surface area (Å²) in [5.41, 5.74) is 1.38. The number of aliphatic hydroxyl groups is 1. The minimum atomic E-state index is -0.468. The van der Waals surface area contributed by atoms with Gasteiger partial charge in [-0.15, -0.1) is 0 Å². The van der Waals surface area contributed by atoms with Gasteiger partial charge in [0.1, 0.15) is 11.4 Å². The number of hydrogen-bond acceptors (Lipinski definition) is 6. The first-order valence-corrected chi connectivity index (χ1v) is 9.32. The summed E-state index contributed by atoms with van der Waals surface area (Å²) in [6, 6.07) is 2.45.